The summed E-state index contributed by atoms with van der Waals surface area (Å²) in [6.07, 6.45) is 4.38. The van der Waals surface area contributed by atoms with Crippen molar-refractivity contribution in [1.82, 2.24) is 0 Å². The first-order valence-corrected chi connectivity index (χ1v) is 7.90. The molecule has 0 saturated carbocycles. The lowest BCUT2D eigenvalue weighted by molar-refractivity contribution is -0.142. The molecule has 20 heavy (non-hydrogen) atoms. The molecule has 0 aliphatic rings. The van der Waals surface area contributed by atoms with Crippen molar-refractivity contribution in [3.63, 3.8) is 0 Å². The lowest BCUT2D eigenvalue weighted by Gasteiger charge is -2.04. The summed E-state index contributed by atoms with van der Waals surface area (Å²) in [4.78, 5) is 20.2. The Morgan fingerprint density at radius 3 is 2.10 bits per heavy atom. The van der Waals surface area contributed by atoms with E-state index in [2.05, 4.69) is 25.0 Å². The Hall–Kier alpha value is -1.15. The van der Waals surface area contributed by atoms with Crippen molar-refractivity contribution in [2.75, 3.05) is 0 Å². The molecule has 8 heteroatoms. The van der Waals surface area contributed by atoms with E-state index in [4.69, 9.17) is 9.66 Å². The zero-order chi connectivity index (χ0) is 16.2. The number of rotatable bonds is 8. The highest BCUT2D eigenvalue weighted by molar-refractivity contribution is 7.81. The van der Waals surface area contributed by atoms with Crippen LogP contribution in [0.1, 0.15) is 59.3 Å². The summed E-state index contributed by atoms with van der Waals surface area (Å²) >= 11 is 0. The van der Waals surface area contributed by atoms with Crippen molar-refractivity contribution in [3.05, 3.63) is 0 Å². The molecule has 7 nitrogen and oxygen atoms in total. The predicted molar refractivity (Wildman–Crippen MR) is 73.5 cm³/mol. The van der Waals surface area contributed by atoms with Gasteiger partial charge in [0.05, 0.1) is 12.8 Å². The number of hydrogen-bond donors (Lipinski definition) is 2. The smallest absolute Gasteiger partial charge is 0.448 e. The van der Waals surface area contributed by atoms with Crippen LogP contribution in [-0.4, -0.2) is 30.0 Å². The van der Waals surface area contributed by atoms with Crippen molar-refractivity contribution in [2.24, 2.45) is 5.92 Å². The van der Waals surface area contributed by atoms with Gasteiger partial charge in [-0.05, 0) is 5.92 Å². The van der Waals surface area contributed by atoms with E-state index < -0.39 is 35.2 Å². The quantitative estimate of drug-likeness (QED) is 0.661. The van der Waals surface area contributed by atoms with Crippen molar-refractivity contribution in [2.45, 2.75) is 59.3 Å². The van der Waals surface area contributed by atoms with Gasteiger partial charge in [0.1, 0.15) is 0 Å². The maximum Gasteiger partial charge on any atom is 0.448 e. The SMILES string of the molecule is CCCCC(C)CC.O=C(O)CCC(=O)OS(=O)(=O)O. The molecular weight excluding hydrogens is 288 g/mol. The van der Waals surface area contributed by atoms with E-state index in [1.165, 1.54) is 25.7 Å². The third-order valence-corrected chi connectivity index (χ3v) is 2.89. The fourth-order valence-electron chi connectivity index (χ4n) is 1.12. The van der Waals surface area contributed by atoms with Crippen LogP contribution < -0.4 is 0 Å². The van der Waals surface area contributed by atoms with Crippen molar-refractivity contribution < 1.29 is 31.8 Å². The minimum Gasteiger partial charge on any atom is -0.481 e. The number of unbranched alkanes of at least 4 members (excludes halogenated alkanes) is 1. The summed E-state index contributed by atoms with van der Waals surface area (Å²) in [5, 5.41) is 8.04. The molecule has 0 aliphatic carbocycles. The molecular formula is C12H24O7S. The van der Waals surface area contributed by atoms with E-state index in [0.717, 1.165) is 5.92 Å². The van der Waals surface area contributed by atoms with Crippen LogP contribution in [0.4, 0.5) is 0 Å². The van der Waals surface area contributed by atoms with Gasteiger partial charge in [-0.15, -0.1) is 0 Å². The third kappa shape index (κ3) is 19.2. The Balaban J connectivity index is 0. The van der Waals surface area contributed by atoms with Crippen LogP contribution in [0.5, 0.6) is 0 Å². The second-order valence-electron chi connectivity index (χ2n) is 4.43. The second kappa shape index (κ2) is 11.7. The minimum absolute atomic E-state index is 0.547. The van der Waals surface area contributed by atoms with E-state index in [9.17, 15) is 18.0 Å². The van der Waals surface area contributed by atoms with Crippen LogP contribution in [0.15, 0.2) is 0 Å². The fraction of sp³-hybridized carbons (Fsp3) is 0.833. The normalized spacial score (nSPS) is 12.0. The van der Waals surface area contributed by atoms with Crippen molar-refractivity contribution in [1.29, 1.82) is 0 Å². The van der Waals surface area contributed by atoms with Gasteiger partial charge in [-0.2, -0.15) is 8.42 Å². The van der Waals surface area contributed by atoms with Crippen molar-refractivity contribution in [3.8, 4) is 0 Å². The summed E-state index contributed by atoms with van der Waals surface area (Å²) in [5.74, 6) is -1.61. The zero-order valence-electron chi connectivity index (χ0n) is 12.2. The van der Waals surface area contributed by atoms with E-state index in [1.807, 2.05) is 0 Å². The molecule has 0 radical (unpaired) electrons. The van der Waals surface area contributed by atoms with E-state index in [1.54, 1.807) is 0 Å². The Morgan fingerprint density at radius 2 is 1.75 bits per heavy atom. The number of carboxylic acids is 1. The summed E-state index contributed by atoms with van der Waals surface area (Å²) in [6, 6.07) is 0. The highest BCUT2D eigenvalue weighted by Crippen LogP contribution is 2.09. The molecule has 0 saturated heterocycles. The lowest BCUT2D eigenvalue weighted by Crippen LogP contribution is -2.12. The number of carboxylic acid groups (broad SMARTS) is 1. The Labute approximate surface area is 120 Å². The van der Waals surface area contributed by atoms with E-state index in [0.29, 0.717) is 0 Å². The molecule has 0 aromatic rings. The van der Waals surface area contributed by atoms with Gasteiger partial charge in [-0.25, -0.2) is 0 Å². The summed E-state index contributed by atoms with van der Waals surface area (Å²) in [7, 11) is -4.81. The molecule has 1 unspecified atom stereocenters. The van der Waals surface area contributed by atoms with E-state index >= 15 is 0 Å². The predicted octanol–water partition coefficient (Wildman–Crippen LogP) is 2.42. The number of carbonyl (C=O) groups is 2. The molecule has 0 aromatic heterocycles. The first kappa shape index (κ1) is 21.2. The number of aliphatic carboxylic acids is 1. The van der Waals surface area contributed by atoms with Crippen LogP contribution in [0, 0.1) is 5.92 Å². The molecule has 0 aliphatic heterocycles. The Kier molecular flexibility index (Phi) is 12.3. The molecule has 0 fully saturated rings. The van der Waals surface area contributed by atoms with Gasteiger partial charge < -0.3 is 9.29 Å². The Morgan fingerprint density at radius 1 is 1.20 bits per heavy atom. The average molecular weight is 312 g/mol. The zero-order valence-corrected chi connectivity index (χ0v) is 13.0. The number of carbonyl (C=O) groups excluding carboxylic acids is 1. The number of hydrogen-bond acceptors (Lipinski definition) is 5. The van der Waals surface area contributed by atoms with Gasteiger partial charge in [0, 0.05) is 0 Å². The highest BCUT2D eigenvalue weighted by Gasteiger charge is 2.13. The van der Waals surface area contributed by atoms with Gasteiger partial charge in [-0.1, -0.05) is 46.5 Å². The molecule has 1 atom stereocenters. The molecule has 0 aromatic carbocycles. The Bertz CT molecular complexity index is 375. The lowest BCUT2D eigenvalue weighted by atomic mass is 10.0. The fourth-order valence-corrected chi connectivity index (χ4v) is 1.44. The van der Waals surface area contributed by atoms with Crippen LogP contribution in [0.3, 0.4) is 0 Å². The summed E-state index contributed by atoms with van der Waals surface area (Å²) < 4.78 is 31.1. The van der Waals surface area contributed by atoms with Crippen LogP contribution >= 0.6 is 0 Å². The van der Waals surface area contributed by atoms with Crippen LogP contribution in [-0.2, 0) is 24.2 Å². The standard InChI is InChI=1S/C8H18.C4H6O7S/c1-4-6-7-8(3)5-2;5-3(6)1-2-4(7)11-12(8,9)10/h8H,4-7H2,1-3H3;1-2H2,(H,5,6)(H,8,9,10). The van der Waals surface area contributed by atoms with Gasteiger partial charge in [0.15, 0.2) is 0 Å². The highest BCUT2D eigenvalue weighted by atomic mass is 32.3. The van der Waals surface area contributed by atoms with Gasteiger partial charge in [0.2, 0.25) is 0 Å². The molecule has 0 amide bonds. The molecule has 0 bridgehead atoms. The molecule has 120 valence electrons. The largest absolute Gasteiger partial charge is 0.481 e. The first-order chi connectivity index (χ1) is 9.12. The minimum atomic E-state index is -4.81. The average Bonchev–Trinajstić information content (AvgIpc) is 2.32. The molecule has 0 heterocycles. The van der Waals surface area contributed by atoms with Crippen LogP contribution in [0.2, 0.25) is 0 Å². The third-order valence-electron chi connectivity index (χ3n) is 2.49. The summed E-state index contributed by atoms with van der Waals surface area (Å²) in [6.45, 7) is 6.85. The van der Waals surface area contributed by atoms with Gasteiger partial charge in [-0.3, -0.25) is 14.1 Å². The maximum atomic E-state index is 10.3. The first-order valence-electron chi connectivity index (χ1n) is 6.53. The second-order valence-corrected chi connectivity index (χ2v) is 5.45. The van der Waals surface area contributed by atoms with E-state index in [-0.39, 0.29) is 0 Å². The topological polar surface area (TPSA) is 118 Å². The van der Waals surface area contributed by atoms with Crippen LogP contribution in [0.25, 0.3) is 0 Å². The maximum absolute atomic E-state index is 10.3. The molecule has 0 spiro atoms. The molecule has 0 rings (SSSR count). The monoisotopic (exact) mass is 312 g/mol. The van der Waals surface area contributed by atoms with Crippen molar-refractivity contribution >= 4 is 22.3 Å². The summed E-state index contributed by atoms with van der Waals surface area (Å²) in [5.41, 5.74) is 0. The van der Waals surface area contributed by atoms with Gasteiger partial charge >= 0.3 is 22.3 Å². The molecule has 2 N–H and O–H groups in total. The van der Waals surface area contributed by atoms with Gasteiger partial charge in [0.25, 0.3) is 0 Å².